The van der Waals surface area contributed by atoms with Crippen LogP contribution in [0, 0.1) is 11.8 Å². The summed E-state index contributed by atoms with van der Waals surface area (Å²) in [6.07, 6.45) is 10.2. The normalized spacial score (nSPS) is 17.4. The van der Waals surface area contributed by atoms with Gasteiger partial charge < -0.3 is 24.2 Å². The third-order valence-electron chi connectivity index (χ3n) is 6.46. The number of hydrogen-bond donors (Lipinski definition) is 1. The fourth-order valence-electron chi connectivity index (χ4n) is 4.37. The second-order valence-corrected chi connectivity index (χ2v) is 9.41. The van der Waals surface area contributed by atoms with Crippen LogP contribution in [-0.2, 0) is 11.3 Å². The van der Waals surface area contributed by atoms with Gasteiger partial charge in [-0.2, -0.15) is 4.98 Å². The highest BCUT2D eigenvalue weighted by Crippen LogP contribution is 2.37. The fraction of sp³-hybridized carbons (Fsp3) is 0.393. The molecular formula is C28H33N3O6. The minimum atomic E-state index is -0.816. The summed E-state index contributed by atoms with van der Waals surface area (Å²) in [5, 5.41) is 11.4. The van der Waals surface area contributed by atoms with Crippen molar-refractivity contribution in [1.82, 2.24) is 14.5 Å². The summed E-state index contributed by atoms with van der Waals surface area (Å²) in [5.41, 5.74) is 0.219. The summed E-state index contributed by atoms with van der Waals surface area (Å²) in [5.74, 6) is 0.229. The zero-order valence-corrected chi connectivity index (χ0v) is 21.8. The average molecular weight is 508 g/mol. The van der Waals surface area contributed by atoms with Crippen LogP contribution in [0.15, 0.2) is 58.9 Å². The Bertz CT molecular complexity index is 1300. The van der Waals surface area contributed by atoms with Crippen molar-refractivity contribution >= 4 is 5.91 Å². The third kappa shape index (κ3) is 5.32. The summed E-state index contributed by atoms with van der Waals surface area (Å²) >= 11 is 0. The lowest BCUT2D eigenvalue weighted by Crippen LogP contribution is -2.51. The molecule has 9 nitrogen and oxygen atoms in total. The summed E-state index contributed by atoms with van der Waals surface area (Å²) in [6, 6.07) is 5.11. The number of amides is 1. The third-order valence-corrected chi connectivity index (χ3v) is 6.46. The van der Waals surface area contributed by atoms with E-state index in [1.807, 2.05) is 19.9 Å². The van der Waals surface area contributed by atoms with Crippen molar-refractivity contribution in [3.63, 3.8) is 0 Å². The number of nitrogens with zero attached hydrogens (tertiary/aromatic N) is 3. The molecule has 0 spiro atoms. The number of likely N-dealkylation sites (tertiary alicyclic amines) is 1. The van der Waals surface area contributed by atoms with E-state index < -0.39 is 22.9 Å². The van der Waals surface area contributed by atoms with Gasteiger partial charge in [0.05, 0.1) is 20.3 Å². The smallest absolute Gasteiger partial charge is 0.289 e. The highest BCUT2D eigenvalue weighted by atomic mass is 16.5. The summed E-state index contributed by atoms with van der Waals surface area (Å²) in [6.45, 7) is 6.60. The average Bonchev–Trinajstić information content (AvgIpc) is 3.05. The van der Waals surface area contributed by atoms with Crippen LogP contribution in [0.1, 0.15) is 37.0 Å². The van der Waals surface area contributed by atoms with Gasteiger partial charge in [-0.1, -0.05) is 43.4 Å². The molecule has 1 amide bonds. The Balaban J connectivity index is 1.73. The van der Waals surface area contributed by atoms with Crippen LogP contribution >= 0.6 is 0 Å². The van der Waals surface area contributed by atoms with Crippen molar-refractivity contribution < 1.29 is 24.1 Å². The minimum absolute atomic E-state index is 0.0750. The molecule has 37 heavy (non-hydrogen) atoms. The SMILES string of the molecule is COc1cccc(OC)c1-n1c(COC(C)C)nc(=O)c(C(=O)N2CC(C3=CC=CC(C)C=C3)C2)c1O. The van der Waals surface area contributed by atoms with Crippen LogP contribution in [0.2, 0.25) is 0 Å². The molecule has 2 aromatic rings. The van der Waals surface area contributed by atoms with E-state index >= 15 is 0 Å². The van der Waals surface area contributed by atoms with Crippen LogP contribution in [0.5, 0.6) is 17.4 Å². The van der Waals surface area contributed by atoms with E-state index in [9.17, 15) is 14.7 Å². The van der Waals surface area contributed by atoms with Crippen LogP contribution in [0.3, 0.4) is 0 Å². The van der Waals surface area contributed by atoms with Gasteiger partial charge in [0.15, 0.2) is 5.56 Å². The van der Waals surface area contributed by atoms with Gasteiger partial charge in [-0.15, -0.1) is 0 Å². The molecule has 0 radical (unpaired) electrons. The Hall–Kier alpha value is -3.85. The molecule has 4 rings (SSSR count). The maximum atomic E-state index is 13.5. The minimum Gasteiger partial charge on any atom is -0.494 e. The first-order valence-corrected chi connectivity index (χ1v) is 12.3. The zero-order valence-electron chi connectivity index (χ0n) is 21.8. The van der Waals surface area contributed by atoms with E-state index in [4.69, 9.17) is 14.2 Å². The number of allylic oxidation sites excluding steroid dienone is 5. The fourth-order valence-corrected chi connectivity index (χ4v) is 4.37. The van der Waals surface area contributed by atoms with E-state index in [1.165, 1.54) is 18.8 Å². The van der Waals surface area contributed by atoms with Crippen molar-refractivity contribution in [2.75, 3.05) is 27.3 Å². The van der Waals surface area contributed by atoms with Crippen LogP contribution in [0.25, 0.3) is 5.69 Å². The number of hydrogen-bond acceptors (Lipinski definition) is 7. The van der Waals surface area contributed by atoms with Crippen molar-refractivity contribution in [3.8, 4) is 23.1 Å². The van der Waals surface area contributed by atoms with Gasteiger partial charge in [-0.25, -0.2) is 0 Å². The molecule has 196 valence electrons. The molecule has 1 unspecified atom stereocenters. The Morgan fingerprint density at radius 1 is 1.16 bits per heavy atom. The molecular weight excluding hydrogens is 474 g/mol. The molecule has 9 heteroatoms. The summed E-state index contributed by atoms with van der Waals surface area (Å²) in [4.78, 5) is 32.2. The molecule has 1 fully saturated rings. The molecule has 0 bridgehead atoms. The molecule has 1 atom stereocenters. The second kappa shape index (κ2) is 11.0. The number of carbonyl (C=O) groups is 1. The largest absolute Gasteiger partial charge is 0.494 e. The number of carbonyl (C=O) groups excluding carboxylic acids is 1. The number of aromatic hydroxyl groups is 1. The predicted molar refractivity (Wildman–Crippen MR) is 139 cm³/mol. The summed E-state index contributed by atoms with van der Waals surface area (Å²) in [7, 11) is 2.96. The van der Waals surface area contributed by atoms with Crippen LogP contribution in [0.4, 0.5) is 0 Å². The molecule has 1 N–H and O–H groups in total. The number of benzene rings is 1. The molecule has 2 heterocycles. The van der Waals surface area contributed by atoms with E-state index in [1.54, 1.807) is 23.1 Å². The topological polar surface area (TPSA) is 103 Å². The number of aromatic nitrogens is 2. The highest BCUT2D eigenvalue weighted by Gasteiger charge is 2.37. The monoisotopic (exact) mass is 507 g/mol. The van der Waals surface area contributed by atoms with E-state index in [-0.39, 0.29) is 24.5 Å². The Kier molecular flexibility index (Phi) is 7.83. The van der Waals surface area contributed by atoms with Gasteiger partial charge in [0, 0.05) is 19.0 Å². The molecule has 1 aliphatic heterocycles. The first-order chi connectivity index (χ1) is 17.7. The quantitative estimate of drug-likeness (QED) is 0.582. The van der Waals surface area contributed by atoms with Crippen molar-refractivity contribution in [3.05, 3.63) is 75.9 Å². The molecule has 0 saturated carbocycles. The number of methoxy groups -OCH3 is 2. The van der Waals surface area contributed by atoms with Crippen LogP contribution in [-0.4, -0.2) is 58.9 Å². The number of rotatable bonds is 8. The van der Waals surface area contributed by atoms with E-state index in [0.717, 1.165) is 5.57 Å². The Morgan fingerprint density at radius 2 is 1.84 bits per heavy atom. The van der Waals surface area contributed by atoms with Crippen molar-refractivity contribution in [2.45, 2.75) is 33.5 Å². The van der Waals surface area contributed by atoms with Crippen molar-refractivity contribution in [1.29, 1.82) is 0 Å². The van der Waals surface area contributed by atoms with Gasteiger partial charge in [0.1, 0.15) is 29.6 Å². The van der Waals surface area contributed by atoms with E-state index in [0.29, 0.717) is 36.2 Å². The van der Waals surface area contributed by atoms with Gasteiger partial charge >= 0.3 is 0 Å². The molecule has 1 aromatic carbocycles. The maximum absolute atomic E-state index is 13.5. The standard InChI is InChI=1S/C28H33N3O6/c1-17(2)37-16-23-29-26(32)24(28(34)31(23)25-21(35-4)10-7-11-22(25)36-5)27(33)30-14-20(15-30)19-9-6-8-18(3)12-13-19/h6-13,17-18,20,34H,14-16H2,1-5H3. The molecule has 1 saturated heterocycles. The molecule has 1 aromatic heterocycles. The van der Waals surface area contributed by atoms with Gasteiger partial charge in [-0.05, 0) is 37.5 Å². The van der Waals surface area contributed by atoms with Gasteiger partial charge in [0.2, 0.25) is 5.88 Å². The number of para-hydroxylation sites is 1. The van der Waals surface area contributed by atoms with E-state index in [2.05, 4.69) is 36.2 Å². The molecule has 2 aliphatic rings. The lowest BCUT2D eigenvalue weighted by atomic mass is 9.90. The Labute approximate surface area is 216 Å². The zero-order chi connectivity index (χ0) is 26.7. The first kappa shape index (κ1) is 26.2. The van der Waals surface area contributed by atoms with Crippen LogP contribution < -0.4 is 15.0 Å². The predicted octanol–water partition coefficient (Wildman–Crippen LogP) is 3.64. The van der Waals surface area contributed by atoms with Gasteiger partial charge in [0.25, 0.3) is 11.5 Å². The summed E-state index contributed by atoms with van der Waals surface area (Å²) < 4.78 is 18.0. The highest BCUT2D eigenvalue weighted by molar-refractivity contribution is 5.96. The van der Waals surface area contributed by atoms with Gasteiger partial charge in [-0.3, -0.25) is 14.2 Å². The number of ether oxygens (including phenoxy) is 3. The lowest BCUT2D eigenvalue weighted by Gasteiger charge is -2.40. The Morgan fingerprint density at radius 3 is 2.46 bits per heavy atom. The first-order valence-electron chi connectivity index (χ1n) is 12.3. The second-order valence-electron chi connectivity index (χ2n) is 9.41. The maximum Gasteiger partial charge on any atom is 0.289 e. The lowest BCUT2D eigenvalue weighted by molar-refractivity contribution is 0.0539. The van der Waals surface area contributed by atoms with Crippen molar-refractivity contribution in [2.24, 2.45) is 11.8 Å². The molecule has 1 aliphatic carbocycles.